The van der Waals surface area contributed by atoms with Crippen LogP contribution >= 0.6 is 0 Å². The van der Waals surface area contributed by atoms with E-state index in [1.807, 2.05) is 0 Å². The van der Waals surface area contributed by atoms with Crippen LogP contribution in [0.5, 0.6) is 0 Å². The summed E-state index contributed by atoms with van der Waals surface area (Å²) in [6.07, 6.45) is 3.92. The number of hydrogen-bond donors (Lipinski definition) is 0. The second-order valence-corrected chi connectivity index (χ2v) is 1.61. The summed E-state index contributed by atoms with van der Waals surface area (Å²) in [5.74, 6) is -0.0371. The first-order chi connectivity index (χ1) is 4.30. The number of rotatable bonds is 1. The van der Waals surface area contributed by atoms with Crippen molar-refractivity contribution >= 4 is 5.78 Å². The highest BCUT2D eigenvalue weighted by atomic mass is 16.1. The van der Waals surface area contributed by atoms with E-state index in [0.717, 1.165) is 0 Å². The molecule has 0 saturated heterocycles. The van der Waals surface area contributed by atoms with Crippen LogP contribution < -0.4 is 0 Å². The number of Topliss-reactive ketones (excluding diaryl/α,β-unsaturated/α-hetero) is 1. The van der Waals surface area contributed by atoms with Gasteiger partial charge < -0.3 is 0 Å². The lowest BCUT2D eigenvalue weighted by Gasteiger charge is -1.86. The Labute approximate surface area is 52.7 Å². The number of carbonyl (C=O) groups is 1. The monoisotopic (exact) mass is 121 g/mol. The quantitative estimate of drug-likeness (QED) is 0.507. The highest BCUT2D eigenvalue weighted by Gasteiger charge is 1.95. The molecule has 0 amide bonds. The van der Waals surface area contributed by atoms with Crippen molar-refractivity contribution in [2.24, 2.45) is 0 Å². The van der Waals surface area contributed by atoms with Gasteiger partial charge in [-0.1, -0.05) is 0 Å². The average molecular weight is 121 g/mol. The fraction of sp³-hybridized carbons (Fsp3) is 0.167. The largest absolute Gasteiger partial charge is 0.294 e. The van der Waals surface area contributed by atoms with Gasteiger partial charge in [0.2, 0.25) is 0 Å². The molecule has 0 aliphatic carbocycles. The minimum atomic E-state index is -0.0371. The van der Waals surface area contributed by atoms with Gasteiger partial charge in [0, 0.05) is 5.56 Å². The molecule has 0 bridgehead atoms. The van der Waals surface area contributed by atoms with Gasteiger partial charge in [0.15, 0.2) is 5.78 Å². The van der Waals surface area contributed by atoms with Crippen LogP contribution in [-0.2, 0) is 0 Å². The maximum absolute atomic E-state index is 10.5. The zero-order valence-electron chi connectivity index (χ0n) is 4.96. The van der Waals surface area contributed by atoms with Gasteiger partial charge >= 0.3 is 0 Å². The van der Waals surface area contributed by atoms with E-state index in [0.29, 0.717) is 5.56 Å². The summed E-state index contributed by atoms with van der Waals surface area (Å²) >= 11 is 0. The molecule has 1 aromatic rings. The molecule has 0 fully saturated rings. The standard InChI is InChI=1S/C6H5N2O/c1-5(9)6-2-3-7-8-4-6/h2-3H,1H3. The van der Waals surface area contributed by atoms with Gasteiger partial charge in [0.1, 0.15) is 6.20 Å². The van der Waals surface area contributed by atoms with Gasteiger partial charge in [-0.2, -0.15) is 5.10 Å². The van der Waals surface area contributed by atoms with E-state index in [4.69, 9.17) is 0 Å². The summed E-state index contributed by atoms with van der Waals surface area (Å²) in [5, 5.41) is 6.88. The van der Waals surface area contributed by atoms with Gasteiger partial charge in [-0.25, -0.2) is 0 Å². The van der Waals surface area contributed by atoms with Crippen molar-refractivity contribution in [3.63, 3.8) is 0 Å². The summed E-state index contributed by atoms with van der Waals surface area (Å²) in [5.41, 5.74) is 0.477. The minimum absolute atomic E-state index is 0.0371. The van der Waals surface area contributed by atoms with Crippen molar-refractivity contribution in [3.05, 3.63) is 24.0 Å². The summed E-state index contributed by atoms with van der Waals surface area (Å²) in [6, 6.07) is 1.58. The molecule has 3 heteroatoms. The first-order valence-electron chi connectivity index (χ1n) is 2.51. The van der Waals surface area contributed by atoms with E-state index in [1.54, 1.807) is 6.07 Å². The molecule has 3 nitrogen and oxygen atoms in total. The molecule has 0 atom stereocenters. The van der Waals surface area contributed by atoms with Gasteiger partial charge in [-0.15, -0.1) is 5.10 Å². The molecule has 0 aliphatic heterocycles. The van der Waals surface area contributed by atoms with Crippen LogP contribution in [0.3, 0.4) is 0 Å². The molecule has 0 unspecified atom stereocenters. The predicted octanol–water partition coefficient (Wildman–Crippen LogP) is 0.479. The van der Waals surface area contributed by atoms with Gasteiger partial charge in [0.05, 0.1) is 6.20 Å². The van der Waals surface area contributed by atoms with Crippen LogP contribution in [0, 0.1) is 6.20 Å². The Morgan fingerprint density at radius 1 is 1.78 bits per heavy atom. The lowest BCUT2D eigenvalue weighted by Crippen LogP contribution is -1.93. The van der Waals surface area contributed by atoms with Crippen molar-refractivity contribution in [1.29, 1.82) is 0 Å². The van der Waals surface area contributed by atoms with Gasteiger partial charge in [-0.05, 0) is 13.0 Å². The fourth-order valence-electron chi connectivity index (χ4n) is 0.457. The maximum Gasteiger partial charge on any atom is 0.162 e. The molecule has 0 aromatic carbocycles. The van der Waals surface area contributed by atoms with Gasteiger partial charge in [0.25, 0.3) is 0 Å². The third-order valence-electron chi connectivity index (χ3n) is 0.915. The molecule has 1 rings (SSSR count). The molecular weight excluding hydrogens is 116 g/mol. The van der Waals surface area contributed by atoms with Crippen LogP contribution in [0.25, 0.3) is 0 Å². The molecule has 9 heavy (non-hydrogen) atoms. The van der Waals surface area contributed by atoms with Crippen molar-refractivity contribution in [3.8, 4) is 0 Å². The topological polar surface area (TPSA) is 42.9 Å². The zero-order valence-corrected chi connectivity index (χ0v) is 4.96. The summed E-state index contributed by atoms with van der Waals surface area (Å²) < 4.78 is 0. The molecule has 1 aromatic heterocycles. The average Bonchev–Trinajstić information content (AvgIpc) is 1.90. The Morgan fingerprint density at radius 2 is 2.56 bits per heavy atom. The van der Waals surface area contributed by atoms with Crippen LogP contribution in [0.15, 0.2) is 12.3 Å². The zero-order chi connectivity index (χ0) is 6.69. The number of hydrogen-bond acceptors (Lipinski definition) is 3. The molecular formula is C6H5N2O. The van der Waals surface area contributed by atoms with Crippen LogP contribution in [0.4, 0.5) is 0 Å². The Bertz CT molecular complexity index is 208. The lowest BCUT2D eigenvalue weighted by molar-refractivity contribution is 0.101. The highest BCUT2D eigenvalue weighted by Crippen LogP contribution is 1.91. The molecule has 1 heterocycles. The normalized spacial score (nSPS) is 9.00. The predicted molar refractivity (Wildman–Crippen MR) is 30.9 cm³/mol. The van der Waals surface area contributed by atoms with Crippen LogP contribution in [0.1, 0.15) is 17.3 Å². The first-order valence-corrected chi connectivity index (χ1v) is 2.51. The third-order valence-corrected chi connectivity index (χ3v) is 0.915. The first kappa shape index (κ1) is 5.88. The minimum Gasteiger partial charge on any atom is -0.294 e. The van der Waals surface area contributed by atoms with E-state index in [2.05, 4.69) is 16.4 Å². The maximum atomic E-state index is 10.5. The van der Waals surface area contributed by atoms with Crippen molar-refractivity contribution in [2.45, 2.75) is 6.92 Å². The molecule has 0 aliphatic rings. The summed E-state index contributed by atoms with van der Waals surface area (Å²) in [7, 11) is 0. The van der Waals surface area contributed by atoms with Crippen molar-refractivity contribution < 1.29 is 4.79 Å². The van der Waals surface area contributed by atoms with E-state index in [-0.39, 0.29) is 5.78 Å². The van der Waals surface area contributed by atoms with Crippen molar-refractivity contribution in [1.82, 2.24) is 10.2 Å². The molecule has 0 saturated carbocycles. The highest BCUT2D eigenvalue weighted by molar-refractivity contribution is 5.93. The molecule has 0 N–H and O–H groups in total. The van der Waals surface area contributed by atoms with E-state index < -0.39 is 0 Å². The number of aromatic nitrogens is 2. The van der Waals surface area contributed by atoms with E-state index in [9.17, 15) is 4.79 Å². The van der Waals surface area contributed by atoms with Crippen LogP contribution in [-0.4, -0.2) is 16.0 Å². The second kappa shape index (κ2) is 2.35. The van der Waals surface area contributed by atoms with Gasteiger partial charge in [-0.3, -0.25) is 4.79 Å². The lowest BCUT2D eigenvalue weighted by atomic mass is 10.2. The Kier molecular flexibility index (Phi) is 1.53. The SMILES string of the molecule is CC(=O)c1[c]nncc1. The molecule has 45 valence electrons. The smallest absolute Gasteiger partial charge is 0.162 e. The molecule has 0 spiro atoms. The summed E-state index contributed by atoms with van der Waals surface area (Å²) in [6.45, 7) is 1.47. The van der Waals surface area contributed by atoms with Crippen molar-refractivity contribution in [2.75, 3.05) is 0 Å². The summed E-state index contributed by atoms with van der Waals surface area (Å²) in [4.78, 5) is 10.5. The number of carbonyl (C=O) groups excluding carboxylic acids is 1. The third kappa shape index (κ3) is 1.32. The fourth-order valence-corrected chi connectivity index (χ4v) is 0.457. The number of ketones is 1. The Hall–Kier alpha value is -1.25. The Balaban J connectivity index is 2.98. The van der Waals surface area contributed by atoms with Crippen LogP contribution in [0.2, 0.25) is 0 Å². The Morgan fingerprint density at radius 3 is 2.89 bits per heavy atom. The van der Waals surface area contributed by atoms with E-state index in [1.165, 1.54) is 13.1 Å². The number of nitrogens with zero attached hydrogens (tertiary/aromatic N) is 2. The second-order valence-electron chi connectivity index (χ2n) is 1.61. The molecule has 1 radical (unpaired) electrons. The van der Waals surface area contributed by atoms with E-state index >= 15 is 0 Å².